The molecule has 0 atom stereocenters. The molecule has 0 fully saturated rings. The van der Waals surface area contributed by atoms with E-state index in [1.807, 2.05) is 0 Å². The number of amides is 1. The van der Waals surface area contributed by atoms with E-state index in [9.17, 15) is 18.0 Å². The van der Waals surface area contributed by atoms with E-state index in [-0.39, 0.29) is 23.8 Å². The summed E-state index contributed by atoms with van der Waals surface area (Å²) in [5.74, 6) is -0.524. The van der Waals surface area contributed by atoms with E-state index in [1.165, 1.54) is 18.3 Å². The highest BCUT2D eigenvalue weighted by atomic mass is 19.4. The fraction of sp³-hybridized carbons (Fsp3) is 0.143. The van der Waals surface area contributed by atoms with Gasteiger partial charge in [0.1, 0.15) is 5.69 Å². The van der Waals surface area contributed by atoms with Crippen molar-refractivity contribution >= 4 is 11.6 Å². The quantitative estimate of drug-likeness (QED) is 0.925. The number of anilines is 1. The summed E-state index contributed by atoms with van der Waals surface area (Å²) in [5, 5.41) is 2.65. The van der Waals surface area contributed by atoms with E-state index in [2.05, 4.69) is 15.0 Å². The predicted molar refractivity (Wildman–Crippen MR) is 68.7 cm³/mol. The average molecular weight is 294 g/mol. The first-order valence-electron chi connectivity index (χ1n) is 6.06. The van der Waals surface area contributed by atoms with Gasteiger partial charge in [0.15, 0.2) is 5.75 Å². The Bertz CT molecular complexity index is 714. The highest BCUT2D eigenvalue weighted by molar-refractivity contribution is 6.00. The Hall–Kier alpha value is -2.57. The fourth-order valence-corrected chi connectivity index (χ4v) is 2.18. The number of aromatic nitrogens is 1. The summed E-state index contributed by atoms with van der Waals surface area (Å²) in [5.41, 5.74) is 1.90. The molecule has 1 N–H and O–H groups in total. The number of ether oxygens (including phenoxy) is 1. The number of rotatable bonds is 2. The molecule has 0 unspecified atom stereocenters. The number of benzene rings is 1. The molecule has 7 heteroatoms. The van der Waals surface area contributed by atoms with Crippen molar-refractivity contribution in [3.05, 3.63) is 42.1 Å². The Balaban J connectivity index is 2.02. The Labute approximate surface area is 117 Å². The number of nitrogens with zero attached hydrogens (tertiary/aromatic N) is 1. The van der Waals surface area contributed by atoms with Gasteiger partial charge in [0, 0.05) is 17.4 Å². The van der Waals surface area contributed by atoms with Crippen molar-refractivity contribution in [2.24, 2.45) is 0 Å². The molecule has 0 saturated heterocycles. The van der Waals surface area contributed by atoms with Crippen LogP contribution < -0.4 is 10.1 Å². The lowest BCUT2D eigenvalue weighted by atomic mass is 10.1. The van der Waals surface area contributed by atoms with Crippen molar-refractivity contribution in [1.82, 2.24) is 4.98 Å². The molecule has 1 aromatic heterocycles. The van der Waals surface area contributed by atoms with Crippen molar-refractivity contribution in [3.63, 3.8) is 0 Å². The monoisotopic (exact) mass is 294 g/mol. The standard InChI is InChI=1S/C14H9F3N2O2/c15-14(16,17)21-11-2-1-5-18-13(11)9-4-3-8-7-12(20)19-10(8)6-9/h1-6H,7H2,(H,19,20). The summed E-state index contributed by atoms with van der Waals surface area (Å²) in [6.07, 6.45) is -3.14. The van der Waals surface area contributed by atoms with Gasteiger partial charge < -0.3 is 10.1 Å². The van der Waals surface area contributed by atoms with Crippen molar-refractivity contribution < 1.29 is 22.7 Å². The second-order valence-corrected chi connectivity index (χ2v) is 4.49. The minimum absolute atomic E-state index is 0.0683. The molecule has 1 aliphatic heterocycles. The van der Waals surface area contributed by atoms with Gasteiger partial charge in [-0.1, -0.05) is 12.1 Å². The van der Waals surface area contributed by atoms with Gasteiger partial charge >= 0.3 is 6.36 Å². The molecule has 2 aromatic rings. The van der Waals surface area contributed by atoms with Crippen molar-refractivity contribution in [1.29, 1.82) is 0 Å². The van der Waals surface area contributed by atoms with Gasteiger partial charge in [-0.25, -0.2) is 0 Å². The summed E-state index contributed by atoms with van der Waals surface area (Å²) in [4.78, 5) is 15.2. The molecule has 0 spiro atoms. The van der Waals surface area contributed by atoms with E-state index in [0.29, 0.717) is 11.3 Å². The molecular formula is C14H9F3N2O2. The number of halogens is 3. The lowest BCUT2D eigenvalue weighted by molar-refractivity contribution is -0.274. The van der Waals surface area contributed by atoms with Crippen molar-refractivity contribution in [3.8, 4) is 17.0 Å². The summed E-state index contributed by atoms with van der Waals surface area (Å²) in [6.45, 7) is 0. The number of alkyl halides is 3. The zero-order valence-corrected chi connectivity index (χ0v) is 10.6. The second kappa shape index (κ2) is 4.76. The molecule has 3 rings (SSSR count). The van der Waals surface area contributed by atoms with E-state index >= 15 is 0 Å². The minimum atomic E-state index is -4.79. The number of carbonyl (C=O) groups is 1. The van der Waals surface area contributed by atoms with E-state index in [1.54, 1.807) is 18.2 Å². The average Bonchev–Trinajstić information content (AvgIpc) is 2.76. The summed E-state index contributed by atoms with van der Waals surface area (Å²) < 4.78 is 41.2. The summed E-state index contributed by atoms with van der Waals surface area (Å²) >= 11 is 0. The zero-order valence-electron chi connectivity index (χ0n) is 10.6. The maximum atomic E-state index is 12.4. The SMILES string of the molecule is O=C1Cc2ccc(-c3ncccc3OC(F)(F)F)cc2N1. The lowest BCUT2D eigenvalue weighted by Crippen LogP contribution is -2.17. The van der Waals surface area contributed by atoms with Crippen LogP contribution in [0, 0.1) is 0 Å². The van der Waals surface area contributed by atoms with Crippen molar-refractivity contribution in [2.75, 3.05) is 5.32 Å². The Morgan fingerprint density at radius 1 is 1.24 bits per heavy atom. The molecule has 0 radical (unpaired) electrons. The highest BCUT2D eigenvalue weighted by Gasteiger charge is 2.32. The largest absolute Gasteiger partial charge is 0.573 e. The van der Waals surface area contributed by atoms with Crippen LogP contribution in [0.4, 0.5) is 18.9 Å². The molecule has 1 aliphatic rings. The molecular weight excluding hydrogens is 285 g/mol. The first kappa shape index (κ1) is 13.4. The van der Waals surface area contributed by atoms with Gasteiger partial charge in [0.25, 0.3) is 0 Å². The third kappa shape index (κ3) is 2.81. The van der Waals surface area contributed by atoms with Crippen LogP contribution in [0.15, 0.2) is 36.5 Å². The van der Waals surface area contributed by atoms with Gasteiger partial charge in [-0.05, 0) is 23.8 Å². The Kier molecular flexibility index (Phi) is 3.04. The minimum Gasteiger partial charge on any atom is -0.403 e. The molecule has 0 aliphatic carbocycles. The van der Waals surface area contributed by atoms with Gasteiger partial charge in [-0.2, -0.15) is 0 Å². The molecule has 1 aromatic carbocycles. The number of hydrogen-bond acceptors (Lipinski definition) is 3. The fourth-order valence-electron chi connectivity index (χ4n) is 2.18. The molecule has 0 saturated carbocycles. The van der Waals surface area contributed by atoms with Crippen LogP contribution in [0.25, 0.3) is 11.3 Å². The predicted octanol–water partition coefficient (Wildman–Crippen LogP) is 3.14. The van der Waals surface area contributed by atoms with E-state index in [4.69, 9.17) is 0 Å². The van der Waals surface area contributed by atoms with Crippen LogP contribution in [0.2, 0.25) is 0 Å². The Morgan fingerprint density at radius 2 is 2.05 bits per heavy atom. The number of carbonyl (C=O) groups excluding carboxylic acids is 1. The van der Waals surface area contributed by atoms with Gasteiger partial charge in [0.05, 0.1) is 6.42 Å². The van der Waals surface area contributed by atoms with E-state index in [0.717, 1.165) is 5.56 Å². The Morgan fingerprint density at radius 3 is 2.81 bits per heavy atom. The maximum Gasteiger partial charge on any atom is 0.573 e. The van der Waals surface area contributed by atoms with Crippen molar-refractivity contribution in [2.45, 2.75) is 12.8 Å². The van der Waals surface area contributed by atoms with Crippen LogP contribution >= 0.6 is 0 Å². The highest BCUT2D eigenvalue weighted by Crippen LogP contribution is 2.35. The van der Waals surface area contributed by atoms with Crippen LogP contribution in [0.1, 0.15) is 5.56 Å². The normalized spacial score (nSPS) is 13.8. The number of fused-ring (bicyclic) bond motifs is 1. The van der Waals surface area contributed by atoms with Crippen LogP contribution in [0.5, 0.6) is 5.75 Å². The smallest absolute Gasteiger partial charge is 0.403 e. The molecule has 0 bridgehead atoms. The second-order valence-electron chi connectivity index (χ2n) is 4.49. The van der Waals surface area contributed by atoms with Crippen LogP contribution in [-0.4, -0.2) is 17.3 Å². The zero-order chi connectivity index (χ0) is 15.0. The first-order valence-corrected chi connectivity index (χ1v) is 6.06. The number of hydrogen-bond donors (Lipinski definition) is 1. The van der Waals surface area contributed by atoms with Crippen LogP contribution in [0.3, 0.4) is 0 Å². The van der Waals surface area contributed by atoms with Gasteiger partial charge in [-0.3, -0.25) is 9.78 Å². The molecule has 21 heavy (non-hydrogen) atoms. The molecule has 2 heterocycles. The number of nitrogens with one attached hydrogen (secondary N) is 1. The van der Waals surface area contributed by atoms with E-state index < -0.39 is 6.36 Å². The summed E-state index contributed by atoms with van der Waals surface area (Å²) in [7, 11) is 0. The maximum absolute atomic E-state index is 12.4. The summed E-state index contributed by atoms with van der Waals surface area (Å²) in [6, 6.07) is 7.45. The van der Waals surface area contributed by atoms with Gasteiger partial charge in [-0.15, -0.1) is 13.2 Å². The molecule has 108 valence electrons. The third-order valence-electron chi connectivity index (χ3n) is 3.00. The lowest BCUT2D eigenvalue weighted by Gasteiger charge is -2.12. The molecule has 4 nitrogen and oxygen atoms in total. The van der Waals surface area contributed by atoms with Gasteiger partial charge in [0.2, 0.25) is 5.91 Å². The topological polar surface area (TPSA) is 51.2 Å². The molecule has 1 amide bonds. The number of pyridine rings is 1. The first-order chi connectivity index (χ1) is 9.92. The van der Waals surface area contributed by atoms with Crippen LogP contribution in [-0.2, 0) is 11.2 Å². The third-order valence-corrected chi connectivity index (χ3v) is 3.00.